The molecule has 1 N–H and O–H groups in total. The summed E-state index contributed by atoms with van der Waals surface area (Å²) in [5.74, 6) is 0.0461. The summed E-state index contributed by atoms with van der Waals surface area (Å²) in [6.07, 6.45) is 1.92. The third-order valence-electron chi connectivity index (χ3n) is 2.03. The largest absolute Gasteiger partial charge is 0.324 e. The number of fused-ring (bicyclic) bond motifs is 1. The maximum absolute atomic E-state index is 11.4. The minimum Gasteiger partial charge on any atom is -0.324 e. The highest BCUT2D eigenvalue weighted by Gasteiger charge is 2.29. The molecule has 1 aliphatic heterocycles. The normalized spacial score (nSPS) is 19.8. The van der Waals surface area contributed by atoms with Crippen LogP contribution in [0.4, 0.5) is 5.69 Å². The Hall–Kier alpha value is -0.670. The fraction of sp³-hybridized carbons (Fsp3) is 0.222. The highest BCUT2D eigenvalue weighted by molar-refractivity contribution is 7.99. The minimum atomic E-state index is -0.0766. The molecule has 1 heterocycles. The van der Waals surface area contributed by atoms with Crippen LogP contribution >= 0.6 is 23.4 Å². The van der Waals surface area contributed by atoms with E-state index in [0.717, 1.165) is 11.3 Å². The number of nitrogens with one attached hydrogen (secondary N) is 1. The van der Waals surface area contributed by atoms with E-state index in [1.54, 1.807) is 6.07 Å². The molecule has 68 valence electrons. The van der Waals surface area contributed by atoms with Gasteiger partial charge in [0, 0.05) is 10.7 Å². The molecule has 0 fully saturated rings. The van der Waals surface area contributed by atoms with Gasteiger partial charge in [0.25, 0.3) is 0 Å². The number of carbonyl (C=O) groups is 1. The predicted octanol–water partition coefficient (Wildman–Crippen LogP) is 2.70. The summed E-state index contributed by atoms with van der Waals surface area (Å²) in [6.45, 7) is 0. The molecule has 1 aliphatic rings. The minimum absolute atomic E-state index is 0.0461. The average molecular weight is 214 g/mol. The van der Waals surface area contributed by atoms with Gasteiger partial charge in [-0.15, -0.1) is 11.8 Å². The number of hydrogen-bond acceptors (Lipinski definition) is 2. The lowest BCUT2D eigenvalue weighted by molar-refractivity contribution is -0.115. The molecule has 2 rings (SSSR count). The number of rotatable bonds is 1. The standard InChI is InChI=1S/C9H8ClNOS/c1-13-8-6-3-2-5(10)4-7(6)11-9(8)12/h2-4,8H,1H3,(H,11,12). The van der Waals surface area contributed by atoms with Gasteiger partial charge in [-0.2, -0.15) is 0 Å². The van der Waals surface area contributed by atoms with E-state index in [1.807, 2.05) is 18.4 Å². The maximum atomic E-state index is 11.4. The van der Waals surface area contributed by atoms with Crippen molar-refractivity contribution >= 4 is 35.0 Å². The number of amides is 1. The van der Waals surface area contributed by atoms with E-state index in [9.17, 15) is 4.79 Å². The van der Waals surface area contributed by atoms with Gasteiger partial charge in [-0.25, -0.2) is 0 Å². The van der Waals surface area contributed by atoms with Crippen molar-refractivity contribution in [1.82, 2.24) is 0 Å². The van der Waals surface area contributed by atoms with Crippen LogP contribution in [0.5, 0.6) is 0 Å². The Morgan fingerprint density at radius 2 is 2.31 bits per heavy atom. The van der Waals surface area contributed by atoms with E-state index in [4.69, 9.17) is 11.6 Å². The van der Waals surface area contributed by atoms with Crippen LogP contribution < -0.4 is 5.32 Å². The molecule has 0 bridgehead atoms. The van der Waals surface area contributed by atoms with Crippen LogP contribution in [0, 0.1) is 0 Å². The van der Waals surface area contributed by atoms with Gasteiger partial charge >= 0.3 is 0 Å². The van der Waals surface area contributed by atoms with Crippen LogP contribution in [0.1, 0.15) is 10.8 Å². The molecule has 1 aromatic rings. The molecule has 1 unspecified atom stereocenters. The molecule has 0 saturated heterocycles. The van der Waals surface area contributed by atoms with Crippen LogP contribution in [-0.4, -0.2) is 12.2 Å². The number of anilines is 1. The first-order valence-corrected chi connectivity index (χ1v) is 5.52. The number of thioether (sulfide) groups is 1. The lowest BCUT2D eigenvalue weighted by atomic mass is 10.2. The third-order valence-corrected chi connectivity index (χ3v) is 3.20. The molecule has 1 aromatic carbocycles. The summed E-state index contributed by atoms with van der Waals surface area (Å²) in [5.41, 5.74) is 1.87. The van der Waals surface area contributed by atoms with E-state index in [2.05, 4.69) is 5.32 Å². The Labute approximate surface area is 85.7 Å². The van der Waals surface area contributed by atoms with Gasteiger partial charge in [0.1, 0.15) is 5.25 Å². The van der Waals surface area contributed by atoms with Crippen molar-refractivity contribution in [2.45, 2.75) is 5.25 Å². The quantitative estimate of drug-likeness (QED) is 0.777. The van der Waals surface area contributed by atoms with E-state index in [0.29, 0.717) is 5.02 Å². The van der Waals surface area contributed by atoms with Crippen molar-refractivity contribution < 1.29 is 4.79 Å². The zero-order valence-electron chi connectivity index (χ0n) is 7.00. The van der Waals surface area contributed by atoms with Crippen LogP contribution in [-0.2, 0) is 4.79 Å². The molecule has 0 aliphatic carbocycles. The number of carbonyl (C=O) groups excluding carboxylic acids is 1. The fourth-order valence-electron chi connectivity index (χ4n) is 1.44. The summed E-state index contributed by atoms with van der Waals surface area (Å²) in [5, 5.41) is 3.37. The zero-order valence-corrected chi connectivity index (χ0v) is 8.58. The second-order valence-electron chi connectivity index (χ2n) is 2.84. The first-order valence-electron chi connectivity index (χ1n) is 3.85. The van der Waals surface area contributed by atoms with Crippen molar-refractivity contribution in [2.24, 2.45) is 0 Å². The molecule has 0 spiro atoms. The Kier molecular flexibility index (Phi) is 2.22. The van der Waals surface area contributed by atoms with Gasteiger partial charge in [-0.1, -0.05) is 17.7 Å². The van der Waals surface area contributed by atoms with Gasteiger partial charge < -0.3 is 5.32 Å². The summed E-state index contributed by atoms with van der Waals surface area (Å²) in [7, 11) is 0. The van der Waals surface area contributed by atoms with Gasteiger partial charge in [-0.3, -0.25) is 4.79 Å². The molecule has 0 saturated carbocycles. The first-order chi connectivity index (χ1) is 6.22. The van der Waals surface area contributed by atoms with E-state index in [-0.39, 0.29) is 11.2 Å². The van der Waals surface area contributed by atoms with Crippen molar-refractivity contribution in [2.75, 3.05) is 11.6 Å². The summed E-state index contributed by atoms with van der Waals surface area (Å²) in [6, 6.07) is 5.49. The van der Waals surface area contributed by atoms with Gasteiger partial charge in [0.05, 0.1) is 0 Å². The van der Waals surface area contributed by atoms with Crippen molar-refractivity contribution in [1.29, 1.82) is 0 Å². The van der Waals surface area contributed by atoms with Crippen molar-refractivity contribution in [3.63, 3.8) is 0 Å². The molecule has 13 heavy (non-hydrogen) atoms. The summed E-state index contributed by atoms with van der Waals surface area (Å²) in [4.78, 5) is 11.4. The summed E-state index contributed by atoms with van der Waals surface area (Å²) >= 11 is 7.34. The van der Waals surface area contributed by atoms with E-state index < -0.39 is 0 Å². The van der Waals surface area contributed by atoms with Crippen LogP contribution in [0.2, 0.25) is 5.02 Å². The second kappa shape index (κ2) is 3.24. The van der Waals surface area contributed by atoms with Gasteiger partial charge in [0.15, 0.2) is 0 Å². The smallest absolute Gasteiger partial charge is 0.242 e. The molecule has 2 nitrogen and oxygen atoms in total. The molecule has 4 heteroatoms. The molecule has 0 radical (unpaired) electrons. The van der Waals surface area contributed by atoms with E-state index >= 15 is 0 Å². The molecule has 0 aromatic heterocycles. The van der Waals surface area contributed by atoms with Crippen LogP contribution in [0.25, 0.3) is 0 Å². The highest BCUT2D eigenvalue weighted by atomic mass is 35.5. The second-order valence-corrected chi connectivity index (χ2v) is 4.22. The van der Waals surface area contributed by atoms with Gasteiger partial charge in [0.2, 0.25) is 5.91 Å². The molecule has 1 atom stereocenters. The number of halogens is 1. The first kappa shape index (κ1) is 8.91. The van der Waals surface area contributed by atoms with Crippen molar-refractivity contribution in [3.8, 4) is 0 Å². The van der Waals surface area contributed by atoms with Gasteiger partial charge in [-0.05, 0) is 24.0 Å². The summed E-state index contributed by atoms with van der Waals surface area (Å²) < 4.78 is 0. The Bertz CT molecular complexity index is 367. The van der Waals surface area contributed by atoms with Crippen LogP contribution in [0.3, 0.4) is 0 Å². The monoisotopic (exact) mass is 213 g/mol. The highest BCUT2D eigenvalue weighted by Crippen LogP contribution is 2.39. The zero-order chi connectivity index (χ0) is 9.42. The van der Waals surface area contributed by atoms with Crippen LogP contribution in [0.15, 0.2) is 18.2 Å². The average Bonchev–Trinajstić information content (AvgIpc) is 2.39. The maximum Gasteiger partial charge on any atom is 0.242 e. The third kappa shape index (κ3) is 1.42. The SMILES string of the molecule is CSC1C(=O)Nc2cc(Cl)ccc21. The number of hydrogen-bond donors (Lipinski definition) is 1. The molecular weight excluding hydrogens is 206 g/mol. The predicted molar refractivity (Wildman–Crippen MR) is 56.3 cm³/mol. The van der Waals surface area contributed by atoms with Crippen molar-refractivity contribution in [3.05, 3.63) is 28.8 Å². The lowest BCUT2D eigenvalue weighted by Gasteiger charge is -2.03. The number of benzene rings is 1. The Morgan fingerprint density at radius 3 is 3.00 bits per heavy atom. The Morgan fingerprint density at radius 1 is 1.54 bits per heavy atom. The lowest BCUT2D eigenvalue weighted by Crippen LogP contribution is -2.08. The molecule has 1 amide bonds. The Balaban J connectivity index is 2.48. The fourth-order valence-corrected chi connectivity index (χ4v) is 2.34. The molecular formula is C9H8ClNOS. The topological polar surface area (TPSA) is 29.1 Å². The van der Waals surface area contributed by atoms with E-state index in [1.165, 1.54) is 11.8 Å².